The molecular formula is C21H27N3O2S. The zero-order valence-electron chi connectivity index (χ0n) is 16.4. The van der Waals surface area contributed by atoms with Gasteiger partial charge in [0.15, 0.2) is 10.9 Å². The van der Waals surface area contributed by atoms with Crippen LogP contribution in [0.4, 0.5) is 5.69 Å². The van der Waals surface area contributed by atoms with Crippen molar-refractivity contribution in [3.8, 4) is 0 Å². The molecule has 0 aliphatic heterocycles. The van der Waals surface area contributed by atoms with Crippen LogP contribution in [0, 0.1) is 13.8 Å². The fourth-order valence-electron chi connectivity index (χ4n) is 3.52. The van der Waals surface area contributed by atoms with Crippen molar-refractivity contribution >= 4 is 29.1 Å². The quantitative estimate of drug-likeness (QED) is 0.565. The first-order valence-corrected chi connectivity index (χ1v) is 10.4. The molecule has 0 spiro atoms. The molecule has 1 fully saturated rings. The number of imidazole rings is 1. The van der Waals surface area contributed by atoms with Crippen LogP contribution in [0.25, 0.3) is 0 Å². The molecule has 1 saturated carbocycles. The Labute approximate surface area is 164 Å². The third-order valence-electron chi connectivity index (χ3n) is 5.25. The van der Waals surface area contributed by atoms with E-state index in [4.69, 9.17) is 4.98 Å². The van der Waals surface area contributed by atoms with Gasteiger partial charge in [0.1, 0.15) is 0 Å². The molecule has 1 aromatic carbocycles. The number of aryl methyl sites for hydroxylation is 1. The molecule has 0 bridgehead atoms. The lowest BCUT2D eigenvalue weighted by Gasteiger charge is -2.18. The molecule has 0 unspecified atom stereocenters. The number of ketones is 1. The van der Waals surface area contributed by atoms with E-state index in [9.17, 15) is 9.59 Å². The predicted molar refractivity (Wildman–Crippen MR) is 110 cm³/mol. The fraction of sp³-hybridized carbons (Fsp3) is 0.476. The van der Waals surface area contributed by atoms with E-state index in [0.717, 1.165) is 10.9 Å². The zero-order valence-corrected chi connectivity index (χ0v) is 17.2. The van der Waals surface area contributed by atoms with Gasteiger partial charge in [0.2, 0.25) is 5.91 Å². The number of carbonyl (C=O) groups is 2. The van der Waals surface area contributed by atoms with Crippen molar-refractivity contribution in [2.24, 2.45) is 0 Å². The summed E-state index contributed by atoms with van der Waals surface area (Å²) < 4.78 is 2.33. The lowest BCUT2D eigenvalue weighted by Crippen LogP contribution is -2.23. The SMILES string of the molecule is CC(=O)c1ccc(NC(=O)[C@H](C)Sc2nc(C)c(C)n2C2CCCC2)cc1. The van der Waals surface area contributed by atoms with Crippen LogP contribution < -0.4 is 5.32 Å². The normalized spacial score (nSPS) is 15.7. The number of thioether (sulfide) groups is 1. The number of hydrogen-bond acceptors (Lipinski definition) is 4. The summed E-state index contributed by atoms with van der Waals surface area (Å²) in [7, 11) is 0. The first kappa shape index (κ1) is 19.7. The Balaban J connectivity index is 1.69. The summed E-state index contributed by atoms with van der Waals surface area (Å²) >= 11 is 1.51. The molecule has 144 valence electrons. The van der Waals surface area contributed by atoms with Crippen LogP contribution in [0.15, 0.2) is 29.4 Å². The molecule has 1 heterocycles. The average Bonchev–Trinajstić information content (AvgIpc) is 3.24. The second-order valence-corrected chi connectivity index (χ2v) is 8.56. The monoisotopic (exact) mass is 385 g/mol. The van der Waals surface area contributed by atoms with Gasteiger partial charge < -0.3 is 9.88 Å². The van der Waals surface area contributed by atoms with E-state index in [-0.39, 0.29) is 16.9 Å². The number of amides is 1. The molecule has 5 nitrogen and oxygen atoms in total. The van der Waals surface area contributed by atoms with E-state index in [2.05, 4.69) is 16.8 Å². The Morgan fingerprint density at radius 3 is 2.41 bits per heavy atom. The molecule has 1 atom stereocenters. The number of anilines is 1. The molecule has 1 aliphatic rings. The van der Waals surface area contributed by atoms with Crippen LogP contribution in [0.1, 0.15) is 67.3 Å². The van der Waals surface area contributed by atoms with Crippen molar-refractivity contribution in [2.45, 2.75) is 69.8 Å². The molecule has 6 heteroatoms. The smallest absolute Gasteiger partial charge is 0.237 e. The summed E-state index contributed by atoms with van der Waals surface area (Å²) in [4.78, 5) is 28.7. The van der Waals surface area contributed by atoms with Crippen LogP contribution in [0.2, 0.25) is 0 Å². The first-order chi connectivity index (χ1) is 12.9. The third-order valence-corrected chi connectivity index (χ3v) is 6.32. The summed E-state index contributed by atoms with van der Waals surface area (Å²) in [5.74, 6) is -0.0480. The highest BCUT2D eigenvalue weighted by Gasteiger charge is 2.25. The Bertz CT molecular complexity index is 836. The van der Waals surface area contributed by atoms with Crippen molar-refractivity contribution in [3.05, 3.63) is 41.2 Å². The largest absolute Gasteiger partial charge is 0.325 e. The molecule has 1 N–H and O–H groups in total. The van der Waals surface area contributed by atoms with Crippen LogP contribution in [0.5, 0.6) is 0 Å². The number of hydrogen-bond donors (Lipinski definition) is 1. The van der Waals surface area contributed by atoms with Gasteiger partial charge >= 0.3 is 0 Å². The molecule has 27 heavy (non-hydrogen) atoms. The summed E-state index contributed by atoms with van der Waals surface area (Å²) in [5, 5.41) is 3.60. The number of carbonyl (C=O) groups excluding carboxylic acids is 2. The number of aromatic nitrogens is 2. The molecule has 0 radical (unpaired) electrons. The maximum atomic E-state index is 12.6. The van der Waals surface area contributed by atoms with Gasteiger partial charge in [-0.2, -0.15) is 0 Å². The molecule has 1 aromatic heterocycles. The van der Waals surface area contributed by atoms with Gasteiger partial charge in [0.05, 0.1) is 10.9 Å². The Hall–Kier alpha value is -2.08. The van der Waals surface area contributed by atoms with E-state index in [1.807, 2.05) is 13.8 Å². The van der Waals surface area contributed by atoms with Crippen LogP contribution in [-0.2, 0) is 4.79 Å². The van der Waals surface area contributed by atoms with Gasteiger partial charge in [0, 0.05) is 23.0 Å². The number of Topliss-reactive ketones (excluding diaryl/α,β-unsaturated/α-hetero) is 1. The molecule has 2 aromatic rings. The lowest BCUT2D eigenvalue weighted by atomic mass is 10.1. The van der Waals surface area contributed by atoms with Crippen LogP contribution in [0.3, 0.4) is 0 Å². The minimum absolute atomic E-state index is 0.0151. The van der Waals surface area contributed by atoms with Crippen molar-refractivity contribution < 1.29 is 9.59 Å². The van der Waals surface area contributed by atoms with Gasteiger partial charge in [-0.3, -0.25) is 9.59 Å². The van der Waals surface area contributed by atoms with Gasteiger partial charge in [-0.25, -0.2) is 4.98 Å². The van der Waals surface area contributed by atoms with E-state index < -0.39 is 0 Å². The van der Waals surface area contributed by atoms with Gasteiger partial charge in [-0.15, -0.1) is 0 Å². The summed E-state index contributed by atoms with van der Waals surface area (Å²) in [6.07, 6.45) is 4.90. The summed E-state index contributed by atoms with van der Waals surface area (Å²) in [5.41, 5.74) is 3.58. The van der Waals surface area contributed by atoms with Gasteiger partial charge in [-0.05, 0) is 64.8 Å². The topological polar surface area (TPSA) is 64.0 Å². The number of nitrogens with one attached hydrogen (secondary N) is 1. The lowest BCUT2D eigenvalue weighted by molar-refractivity contribution is -0.115. The van der Waals surface area contributed by atoms with Crippen LogP contribution >= 0.6 is 11.8 Å². The van der Waals surface area contributed by atoms with Crippen LogP contribution in [-0.4, -0.2) is 26.5 Å². The average molecular weight is 386 g/mol. The Kier molecular flexibility index (Phi) is 6.05. The third kappa shape index (κ3) is 4.43. The molecule has 1 aliphatic carbocycles. The molecule has 3 rings (SSSR count). The second-order valence-electron chi connectivity index (χ2n) is 7.26. The minimum Gasteiger partial charge on any atom is -0.325 e. The maximum Gasteiger partial charge on any atom is 0.237 e. The van der Waals surface area contributed by atoms with E-state index in [1.165, 1.54) is 50.1 Å². The predicted octanol–water partition coefficient (Wildman–Crippen LogP) is 4.94. The van der Waals surface area contributed by atoms with E-state index in [0.29, 0.717) is 17.3 Å². The van der Waals surface area contributed by atoms with Gasteiger partial charge in [-0.1, -0.05) is 24.6 Å². The highest BCUT2D eigenvalue weighted by molar-refractivity contribution is 8.00. The second kappa shape index (κ2) is 8.30. The maximum absolute atomic E-state index is 12.6. The summed E-state index contributed by atoms with van der Waals surface area (Å²) in [6, 6.07) is 7.49. The van der Waals surface area contributed by atoms with E-state index in [1.54, 1.807) is 24.3 Å². The number of benzene rings is 1. The van der Waals surface area contributed by atoms with Crippen molar-refractivity contribution in [1.29, 1.82) is 0 Å². The van der Waals surface area contributed by atoms with Crippen molar-refractivity contribution in [2.75, 3.05) is 5.32 Å². The van der Waals surface area contributed by atoms with E-state index >= 15 is 0 Å². The number of rotatable bonds is 6. The number of nitrogens with zero attached hydrogens (tertiary/aromatic N) is 2. The fourth-order valence-corrected chi connectivity index (χ4v) is 4.59. The van der Waals surface area contributed by atoms with Gasteiger partial charge in [0.25, 0.3) is 0 Å². The molecule has 0 saturated heterocycles. The highest BCUT2D eigenvalue weighted by atomic mass is 32.2. The highest BCUT2D eigenvalue weighted by Crippen LogP contribution is 2.36. The zero-order chi connectivity index (χ0) is 19.6. The summed E-state index contributed by atoms with van der Waals surface area (Å²) in [6.45, 7) is 7.59. The van der Waals surface area contributed by atoms with Crippen molar-refractivity contribution in [3.63, 3.8) is 0 Å². The minimum atomic E-state index is -0.265. The Morgan fingerprint density at radius 2 is 1.81 bits per heavy atom. The molecular weight excluding hydrogens is 358 g/mol. The Morgan fingerprint density at radius 1 is 1.19 bits per heavy atom. The first-order valence-electron chi connectivity index (χ1n) is 9.50. The standard InChI is InChI=1S/C21H27N3O2S/c1-13-14(2)24(19-7-5-6-8-19)21(22-13)27-16(4)20(26)23-18-11-9-17(10-12-18)15(3)25/h9-12,16,19H,5-8H2,1-4H3,(H,23,26)/t16-/m0/s1. The van der Waals surface area contributed by atoms with Crippen molar-refractivity contribution in [1.82, 2.24) is 9.55 Å². The molecule has 1 amide bonds.